The molecule has 0 amide bonds. The van der Waals surface area contributed by atoms with Crippen molar-refractivity contribution < 1.29 is 0 Å². The average Bonchev–Trinajstić information content (AvgIpc) is 2.21. The van der Waals surface area contributed by atoms with E-state index in [4.69, 9.17) is 0 Å². The molecule has 66 valence electrons. The average molecular weight is 172 g/mol. The van der Waals surface area contributed by atoms with E-state index in [0.29, 0.717) is 0 Å². The van der Waals surface area contributed by atoms with Crippen LogP contribution in [0, 0.1) is 0 Å². The predicted molar refractivity (Wildman–Crippen MR) is 56.6 cm³/mol. The van der Waals surface area contributed by atoms with E-state index in [-0.39, 0.29) is 0 Å². The third-order valence-corrected chi connectivity index (χ3v) is 1.64. The lowest BCUT2D eigenvalue weighted by Gasteiger charge is -1.98. The van der Waals surface area contributed by atoms with E-state index >= 15 is 0 Å². The second-order valence-electron chi connectivity index (χ2n) is 2.44. The molecule has 1 aromatic rings. The Hall–Kier alpha value is -1.70. The lowest BCUT2D eigenvalue weighted by Crippen LogP contribution is -1.85. The Labute approximate surface area is 78.4 Å². The standard InChI is InChI=1S/C11H12N2/c1-3-10(9-12-4-2)11-5-7-13-8-6-11/h3-9H,2H2,1H3/b10-3+,12-9?. The molecule has 13 heavy (non-hydrogen) atoms. The van der Waals surface area contributed by atoms with E-state index in [2.05, 4.69) is 16.6 Å². The van der Waals surface area contributed by atoms with Crippen LogP contribution in [0.1, 0.15) is 12.5 Å². The molecular formula is C11H12N2. The smallest absolute Gasteiger partial charge is 0.0342 e. The molecule has 0 spiro atoms. The summed E-state index contributed by atoms with van der Waals surface area (Å²) in [5.74, 6) is 0. The Morgan fingerprint density at radius 3 is 2.69 bits per heavy atom. The van der Waals surface area contributed by atoms with Gasteiger partial charge in [-0.2, -0.15) is 0 Å². The largest absolute Gasteiger partial charge is 0.265 e. The van der Waals surface area contributed by atoms with Crippen molar-refractivity contribution in [3.05, 3.63) is 48.9 Å². The molecule has 2 heteroatoms. The highest BCUT2D eigenvalue weighted by atomic mass is 14.7. The minimum Gasteiger partial charge on any atom is -0.265 e. The Bertz CT molecular complexity index is 323. The summed E-state index contributed by atoms with van der Waals surface area (Å²) < 4.78 is 0. The van der Waals surface area contributed by atoms with Gasteiger partial charge in [0.05, 0.1) is 0 Å². The molecule has 2 nitrogen and oxygen atoms in total. The Morgan fingerprint density at radius 1 is 1.46 bits per heavy atom. The fourth-order valence-corrected chi connectivity index (χ4v) is 0.993. The molecule has 1 heterocycles. The van der Waals surface area contributed by atoms with Crippen molar-refractivity contribution in [2.45, 2.75) is 6.92 Å². The van der Waals surface area contributed by atoms with Crippen LogP contribution in [0.3, 0.4) is 0 Å². The van der Waals surface area contributed by atoms with Crippen LogP contribution in [-0.2, 0) is 0 Å². The Balaban J connectivity index is 2.92. The van der Waals surface area contributed by atoms with Gasteiger partial charge in [-0.15, -0.1) is 0 Å². The molecule has 0 aliphatic heterocycles. The van der Waals surface area contributed by atoms with E-state index in [1.54, 1.807) is 18.6 Å². The molecule has 0 aromatic carbocycles. The summed E-state index contributed by atoms with van der Waals surface area (Å²) in [6.45, 7) is 5.50. The molecule has 0 atom stereocenters. The number of rotatable bonds is 3. The molecule has 1 aromatic heterocycles. The highest BCUT2D eigenvalue weighted by Crippen LogP contribution is 2.10. The second kappa shape index (κ2) is 5.04. The molecule has 0 saturated carbocycles. The molecule has 0 radical (unpaired) electrons. The number of hydrogen-bond acceptors (Lipinski definition) is 2. The maximum absolute atomic E-state index is 3.97. The van der Waals surface area contributed by atoms with Gasteiger partial charge in [0.15, 0.2) is 0 Å². The van der Waals surface area contributed by atoms with Gasteiger partial charge in [-0.05, 0) is 30.2 Å². The van der Waals surface area contributed by atoms with Gasteiger partial charge in [-0.25, -0.2) is 0 Å². The zero-order valence-electron chi connectivity index (χ0n) is 7.64. The Morgan fingerprint density at radius 2 is 2.15 bits per heavy atom. The van der Waals surface area contributed by atoms with Gasteiger partial charge >= 0.3 is 0 Å². The van der Waals surface area contributed by atoms with Crippen LogP contribution in [0.5, 0.6) is 0 Å². The maximum Gasteiger partial charge on any atom is 0.0342 e. The highest BCUT2D eigenvalue weighted by Gasteiger charge is 1.94. The topological polar surface area (TPSA) is 25.2 Å². The fourth-order valence-electron chi connectivity index (χ4n) is 0.993. The van der Waals surface area contributed by atoms with Crippen molar-refractivity contribution in [1.29, 1.82) is 0 Å². The Kier molecular flexibility index (Phi) is 3.64. The summed E-state index contributed by atoms with van der Waals surface area (Å²) in [6, 6.07) is 3.90. The minimum absolute atomic E-state index is 1.07. The molecule has 0 aliphatic carbocycles. The van der Waals surface area contributed by atoms with Crippen LogP contribution in [0.2, 0.25) is 0 Å². The SMILES string of the molecule is C=CN=C/C(=C\C)c1ccncc1. The lowest BCUT2D eigenvalue weighted by molar-refractivity contribution is 1.32. The lowest BCUT2D eigenvalue weighted by atomic mass is 10.1. The third kappa shape index (κ3) is 2.67. The van der Waals surface area contributed by atoms with E-state index < -0.39 is 0 Å². The summed E-state index contributed by atoms with van der Waals surface area (Å²) in [7, 11) is 0. The van der Waals surface area contributed by atoms with Crippen LogP contribution < -0.4 is 0 Å². The van der Waals surface area contributed by atoms with Gasteiger partial charge < -0.3 is 0 Å². The molecule has 0 bridgehead atoms. The van der Waals surface area contributed by atoms with Gasteiger partial charge in [0, 0.05) is 24.8 Å². The van der Waals surface area contributed by atoms with Crippen LogP contribution in [0.25, 0.3) is 5.57 Å². The number of hydrogen-bond donors (Lipinski definition) is 0. The summed E-state index contributed by atoms with van der Waals surface area (Å²) in [4.78, 5) is 7.92. The van der Waals surface area contributed by atoms with Gasteiger partial charge in [-0.1, -0.05) is 12.7 Å². The normalized spacial score (nSPS) is 11.9. The number of nitrogens with zero attached hydrogens (tertiary/aromatic N) is 2. The van der Waals surface area contributed by atoms with Gasteiger partial charge in [0.2, 0.25) is 0 Å². The summed E-state index contributed by atoms with van der Waals surface area (Å²) in [5.41, 5.74) is 2.19. The van der Waals surface area contributed by atoms with Crippen LogP contribution in [-0.4, -0.2) is 11.2 Å². The van der Waals surface area contributed by atoms with Crippen LogP contribution in [0.15, 0.2) is 48.4 Å². The third-order valence-electron chi connectivity index (χ3n) is 1.64. The van der Waals surface area contributed by atoms with Crippen LogP contribution >= 0.6 is 0 Å². The molecule has 0 fully saturated rings. The monoisotopic (exact) mass is 172 g/mol. The first-order valence-corrected chi connectivity index (χ1v) is 4.09. The van der Waals surface area contributed by atoms with E-state index in [0.717, 1.165) is 11.1 Å². The van der Waals surface area contributed by atoms with Gasteiger partial charge in [0.1, 0.15) is 0 Å². The van der Waals surface area contributed by atoms with Crippen molar-refractivity contribution in [2.24, 2.45) is 4.99 Å². The van der Waals surface area contributed by atoms with Crippen molar-refractivity contribution in [2.75, 3.05) is 0 Å². The quantitative estimate of drug-likeness (QED) is 0.643. The van der Waals surface area contributed by atoms with Crippen molar-refractivity contribution >= 4 is 11.8 Å². The van der Waals surface area contributed by atoms with Gasteiger partial charge in [0.25, 0.3) is 0 Å². The first-order chi connectivity index (χ1) is 6.38. The number of aromatic nitrogens is 1. The first kappa shape index (κ1) is 9.39. The number of allylic oxidation sites excluding steroid dienone is 2. The predicted octanol–water partition coefficient (Wildman–Crippen LogP) is 2.70. The fraction of sp³-hybridized carbons (Fsp3) is 0.0909. The second-order valence-corrected chi connectivity index (χ2v) is 2.44. The molecule has 0 unspecified atom stereocenters. The summed E-state index contributed by atoms with van der Waals surface area (Å²) >= 11 is 0. The highest BCUT2D eigenvalue weighted by molar-refractivity contribution is 6.09. The number of aliphatic imine (C=N–C) groups is 1. The number of pyridine rings is 1. The van der Waals surface area contributed by atoms with Crippen molar-refractivity contribution in [3.63, 3.8) is 0 Å². The van der Waals surface area contributed by atoms with Crippen molar-refractivity contribution in [1.82, 2.24) is 4.98 Å². The summed E-state index contributed by atoms with van der Waals surface area (Å²) in [5, 5.41) is 0. The van der Waals surface area contributed by atoms with E-state index in [1.165, 1.54) is 6.20 Å². The minimum atomic E-state index is 1.07. The van der Waals surface area contributed by atoms with E-state index in [9.17, 15) is 0 Å². The van der Waals surface area contributed by atoms with Crippen molar-refractivity contribution in [3.8, 4) is 0 Å². The molecule has 0 N–H and O–H groups in total. The van der Waals surface area contributed by atoms with Crippen LogP contribution in [0.4, 0.5) is 0 Å². The van der Waals surface area contributed by atoms with E-state index in [1.807, 2.05) is 25.1 Å². The summed E-state index contributed by atoms with van der Waals surface area (Å²) in [6.07, 6.45) is 8.83. The zero-order chi connectivity index (χ0) is 9.52. The molecular weight excluding hydrogens is 160 g/mol. The molecule has 0 saturated heterocycles. The zero-order valence-corrected chi connectivity index (χ0v) is 7.64. The first-order valence-electron chi connectivity index (χ1n) is 4.09. The molecule has 0 aliphatic rings. The maximum atomic E-state index is 3.97. The molecule has 1 rings (SSSR count). The van der Waals surface area contributed by atoms with Gasteiger partial charge in [-0.3, -0.25) is 9.98 Å².